The molecule has 1 aliphatic carbocycles. The average molecular weight is 779 g/mol. The Balaban J connectivity index is 1.11. The Morgan fingerprint density at radius 1 is 0.877 bits per heavy atom. The number of fused-ring (bicyclic) bond motifs is 1. The third-order valence-electron chi connectivity index (χ3n) is 11.6. The predicted octanol–water partition coefficient (Wildman–Crippen LogP) is 7.80. The molecular weight excluding hydrogens is 721 g/mol. The van der Waals surface area contributed by atoms with E-state index in [-0.39, 0.29) is 24.0 Å². The number of hydrogen-bond donors (Lipinski definition) is 1. The third kappa shape index (κ3) is 9.82. The highest BCUT2D eigenvalue weighted by Gasteiger charge is 2.43. The number of nitrogens with zero attached hydrogens (tertiary/aromatic N) is 4. The van der Waals surface area contributed by atoms with Gasteiger partial charge in [0.25, 0.3) is 0 Å². The number of amides is 2. The molecule has 2 aliphatic heterocycles. The van der Waals surface area contributed by atoms with E-state index in [2.05, 4.69) is 64.2 Å². The highest BCUT2D eigenvalue weighted by molar-refractivity contribution is 5.86. The fourth-order valence-electron chi connectivity index (χ4n) is 8.62. The van der Waals surface area contributed by atoms with Gasteiger partial charge >= 0.3 is 12.1 Å². The van der Waals surface area contributed by atoms with Crippen LogP contribution in [0.3, 0.4) is 0 Å². The number of aromatic nitrogens is 1. The van der Waals surface area contributed by atoms with Crippen LogP contribution in [0.15, 0.2) is 79.0 Å². The second-order valence-electron chi connectivity index (χ2n) is 16.9. The first-order valence-electron chi connectivity index (χ1n) is 20.6. The van der Waals surface area contributed by atoms with Crippen molar-refractivity contribution in [2.24, 2.45) is 5.92 Å². The standard InChI is InChI=1S/C46H58N4O7/c1-46(2,3)57-45(54)49-24-21-38(34-11-7-10-33(28-34)32-15-19-37(20-16-32)56-27-25-47-22-8-14-42(47)44(52)53)40(31-49)43(51)50(36-17-18-36)30-35-29-48(23-9-26-55-4)41-13-6-5-12-39(35)41/h5-7,10-13,15-16,19-20,28-29,36,38,40,42H,8-9,14,17-18,21-27,30-31H2,1-4H3,(H,52,53)/t38-,40+,42?/m1/s1. The maximum atomic E-state index is 15.1. The molecular formula is C46H58N4O7. The van der Waals surface area contributed by atoms with Gasteiger partial charge in [0.05, 0.1) is 5.92 Å². The smallest absolute Gasteiger partial charge is 0.410 e. The maximum Gasteiger partial charge on any atom is 0.410 e. The van der Waals surface area contributed by atoms with Crippen LogP contribution in [-0.2, 0) is 32.2 Å². The van der Waals surface area contributed by atoms with Gasteiger partial charge in [0.2, 0.25) is 5.91 Å². The molecule has 11 nitrogen and oxygen atoms in total. The van der Waals surface area contributed by atoms with Crippen molar-refractivity contribution in [2.45, 2.75) is 96.0 Å². The molecule has 11 heteroatoms. The summed E-state index contributed by atoms with van der Waals surface area (Å²) < 4.78 is 19.4. The zero-order chi connectivity index (χ0) is 40.1. The highest BCUT2D eigenvalue weighted by atomic mass is 16.6. The summed E-state index contributed by atoms with van der Waals surface area (Å²) in [6, 6.07) is 24.6. The minimum absolute atomic E-state index is 0.0856. The number of para-hydroxylation sites is 1. The van der Waals surface area contributed by atoms with E-state index in [0.717, 1.165) is 77.7 Å². The first-order chi connectivity index (χ1) is 27.5. The van der Waals surface area contributed by atoms with Gasteiger partial charge in [-0.1, -0.05) is 54.6 Å². The number of carbonyl (C=O) groups excluding carboxylic acids is 2. The van der Waals surface area contributed by atoms with E-state index >= 15 is 4.79 Å². The van der Waals surface area contributed by atoms with Crippen LogP contribution in [0, 0.1) is 5.92 Å². The molecule has 304 valence electrons. The summed E-state index contributed by atoms with van der Waals surface area (Å²) in [5.74, 6) is -0.473. The lowest BCUT2D eigenvalue weighted by atomic mass is 9.79. The van der Waals surface area contributed by atoms with E-state index < -0.39 is 23.5 Å². The number of aliphatic carboxylic acids is 1. The lowest BCUT2D eigenvalue weighted by Gasteiger charge is -2.40. The Bertz CT molecular complexity index is 2020. The Hall–Kier alpha value is -4.87. The van der Waals surface area contributed by atoms with Gasteiger partial charge in [-0.3, -0.25) is 14.5 Å². The molecule has 1 saturated carbocycles. The molecule has 3 aromatic carbocycles. The second-order valence-corrected chi connectivity index (χ2v) is 16.9. The number of likely N-dealkylation sites (tertiary alicyclic amines) is 2. The van der Waals surface area contributed by atoms with E-state index in [4.69, 9.17) is 14.2 Å². The van der Waals surface area contributed by atoms with Gasteiger partial charge in [-0.05, 0) is 112 Å². The van der Waals surface area contributed by atoms with Crippen molar-refractivity contribution in [3.05, 3.63) is 90.1 Å². The lowest BCUT2D eigenvalue weighted by molar-refractivity contribution is -0.142. The molecule has 3 heterocycles. The molecule has 1 unspecified atom stereocenters. The Labute approximate surface area is 336 Å². The number of carboxylic acids is 1. The molecule has 1 aromatic heterocycles. The number of hydrogen-bond acceptors (Lipinski definition) is 7. The van der Waals surface area contributed by atoms with Crippen molar-refractivity contribution in [1.82, 2.24) is 19.3 Å². The van der Waals surface area contributed by atoms with E-state index in [0.29, 0.717) is 52.2 Å². The van der Waals surface area contributed by atoms with Crippen molar-refractivity contribution in [3.8, 4) is 16.9 Å². The number of carboxylic acid groups (broad SMARTS) is 1. The minimum atomic E-state index is -0.766. The van der Waals surface area contributed by atoms with Crippen LogP contribution >= 0.6 is 0 Å². The molecule has 4 aromatic rings. The molecule has 3 aliphatic rings. The van der Waals surface area contributed by atoms with Gasteiger partial charge in [-0.25, -0.2) is 4.79 Å². The quantitative estimate of drug-likeness (QED) is 0.122. The molecule has 0 spiro atoms. The zero-order valence-corrected chi connectivity index (χ0v) is 33.9. The number of piperidine rings is 1. The molecule has 3 fully saturated rings. The first kappa shape index (κ1) is 40.3. The number of benzene rings is 3. The topological polar surface area (TPSA) is 114 Å². The SMILES string of the molecule is COCCCn1cc(CN(C(=O)[C@H]2CN(C(=O)OC(C)(C)C)CC[C@@H]2c2cccc(-c3ccc(OCCN4CCCC4C(=O)O)cc3)c2)C2CC2)c2ccccc21. The summed E-state index contributed by atoms with van der Waals surface area (Å²) in [7, 11) is 1.73. The molecule has 7 rings (SSSR count). The summed E-state index contributed by atoms with van der Waals surface area (Å²) in [6.07, 6.45) is 6.89. The van der Waals surface area contributed by atoms with Crippen LogP contribution in [0.25, 0.3) is 22.0 Å². The molecule has 3 atom stereocenters. The Morgan fingerprint density at radius 3 is 2.40 bits per heavy atom. The van der Waals surface area contributed by atoms with Crippen LogP contribution in [0.4, 0.5) is 4.79 Å². The summed E-state index contributed by atoms with van der Waals surface area (Å²) >= 11 is 0. The van der Waals surface area contributed by atoms with Gasteiger partial charge < -0.3 is 33.7 Å². The summed E-state index contributed by atoms with van der Waals surface area (Å²) in [4.78, 5) is 45.9. The molecule has 2 saturated heterocycles. The summed E-state index contributed by atoms with van der Waals surface area (Å²) in [6.45, 7) is 10.2. The van der Waals surface area contributed by atoms with Crippen molar-refractivity contribution < 1.29 is 33.7 Å². The molecule has 0 radical (unpaired) electrons. The lowest BCUT2D eigenvalue weighted by Crippen LogP contribution is -2.51. The number of carbonyl (C=O) groups is 3. The van der Waals surface area contributed by atoms with Gasteiger partial charge in [0, 0.05) is 69.6 Å². The van der Waals surface area contributed by atoms with Crippen molar-refractivity contribution in [2.75, 3.05) is 46.5 Å². The van der Waals surface area contributed by atoms with Crippen LogP contribution < -0.4 is 4.74 Å². The predicted molar refractivity (Wildman–Crippen MR) is 220 cm³/mol. The number of rotatable bonds is 15. The van der Waals surface area contributed by atoms with E-state index in [1.54, 1.807) is 12.0 Å². The van der Waals surface area contributed by atoms with Gasteiger partial charge in [0.1, 0.15) is 24.0 Å². The average Bonchev–Trinajstić information content (AvgIpc) is 3.83. The van der Waals surface area contributed by atoms with Crippen LogP contribution in [0.1, 0.15) is 76.3 Å². The van der Waals surface area contributed by atoms with Crippen molar-refractivity contribution >= 4 is 28.9 Å². The number of ether oxygens (including phenoxy) is 3. The zero-order valence-electron chi connectivity index (χ0n) is 33.9. The first-order valence-corrected chi connectivity index (χ1v) is 20.6. The number of methoxy groups -OCH3 is 1. The van der Waals surface area contributed by atoms with Gasteiger partial charge in [-0.2, -0.15) is 0 Å². The highest BCUT2D eigenvalue weighted by Crippen LogP contribution is 2.40. The Morgan fingerprint density at radius 2 is 1.67 bits per heavy atom. The van der Waals surface area contributed by atoms with Crippen LogP contribution in [0.2, 0.25) is 0 Å². The second kappa shape index (κ2) is 17.7. The van der Waals surface area contributed by atoms with Crippen LogP contribution in [0.5, 0.6) is 5.75 Å². The fourth-order valence-corrected chi connectivity index (χ4v) is 8.62. The van der Waals surface area contributed by atoms with Crippen molar-refractivity contribution in [1.29, 1.82) is 0 Å². The molecule has 1 N–H and O–H groups in total. The van der Waals surface area contributed by atoms with Crippen molar-refractivity contribution in [3.63, 3.8) is 0 Å². The van der Waals surface area contributed by atoms with E-state index in [1.165, 1.54) is 0 Å². The summed E-state index contributed by atoms with van der Waals surface area (Å²) in [5.41, 5.74) is 4.81. The van der Waals surface area contributed by atoms with E-state index in [9.17, 15) is 14.7 Å². The van der Waals surface area contributed by atoms with Gasteiger partial charge in [0.15, 0.2) is 0 Å². The molecule has 2 amide bonds. The minimum Gasteiger partial charge on any atom is -0.492 e. The van der Waals surface area contributed by atoms with Gasteiger partial charge in [-0.15, -0.1) is 0 Å². The monoisotopic (exact) mass is 778 g/mol. The largest absolute Gasteiger partial charge is 0.492 e. The fraction of sp³-hybridized carbons (Fsp3) is 0.500. The van der Waals surface area contributed by atoms with E-state index in [1.807, 2.05) is 49.9 Å². The summed E-state index contributed by atoms with van der Waals surface area (Å²) in [5, 5.41) is 10.7. The normalized spacial score (nSPS) is 20.1. The molecule has 0 bridgehead atoms. The Kier molecular flexibility index (Phi) is 12.5. The maximum absolute atomic E-state index is 15.1. The number of aryl methyl sites for hydroxylation is 1. The third-order valence-corrected chi connectivity index (χ3v) is 11.6. The molecule has 57 heavy (non-hydrogen) atoms. The van der Waals surface area contributed by atoms with Crippen LogP contribution in [-0.4, -0.2) is 107 Å².